The number of nitrogens with two attached hydrogens (primary N) is 2. The van der Waals surface area contributed by atoms with E-state index in [1.807, 2.05) is 48.5 Å². The van der Waals surface area contributed by atoms with E-state index in [9.17, 15) is 0 Å². The first-order chi connectivity index (χ1) is 6.86. The molecule has 0 bridgehead atoms. The minimum absolute atomic E-state index is 0. The molecule has 0 aliphatic rings. The molecule has 2 nitrogen and oxygen atoms in total. The summed E-state index contributed by atoms with van der Waals surface area (Å²) in [5.74, 6) is 0. The van der Waals surface area contributed by atoms with Crippen LogP contribution in [-0.2, 0) is 30.2 Å². The first-order valence-corrected chi connectivity index (χ1v) is 4.68. The predicted molar refractivity (Wildman–Crippen MR) is 59.9 cm³/mol. The Hall–Kier alpha value is -0.861. The fraction of sp³-hybridized carbons (Fsp3) is 0.167. The normalized spacial score (nSPS) is 8.67. The summed E-state index contributed by atoms with van der Waals surface area (Å²) in [6, 6.07) is 16.0. The molecule has 3 heteroatoms. The second-order valence-corrected chi connectivity index (χ2v) is 2.99. The number of hydrogen-bond acceptors (Lipinski definition) is 2. The second kappa shape index (κ2) is 8.45. The van der Waals surface area contributed by atoms with E-state index in [4.69, 9.17) is 11.5 Å². The van der Waals surface area contributed by atoms with Gasteiger partial charge in [0.2, 0.25) is 0 Å². The molecule has 0 saturated heterocycles. The topological polar surface area (TPSA) is 52.0 Å². The molecule has 0 radical (unpaired) electrons. The zero-order valence-electron chi connectivity index (χ0n) is 8.54. The van der Waals surface area contributed by atoms with Crippen molar-refractivity contribution in [1.82, 2.24) is 0 Å². The minimum atomic E-state index is 0. The molecular formula is C12H16FeN2. The maximum absolute atomic E-state index is 5.29. The van der Waals surface area contributed by atoms with Crippen LogP contribution in [0.2, 0.25) is 0 Å². The van der Waals surface area contributed by atoms with Crippen molar-refractivity contribution in [1.29, 1.82) is 0 Å². The molecular weight excluding hydrogens is 228 g/mol. The van der Waals surface area contributed by atoms with E-state index in [0.717, 1.165) is 0 Å². The Morgan fingerprint density at radius 1 is 0.667 bits per heavy atom. The zero-order valence-corrected chi connectivity index (χ0v) is 9.65. The van der Waals surface area contributed by atoms with E-state index >= 15 is 0 Å². The molecule has 2 rings (SSSR count). The quantitative estimate of drug-likeness (QED) is 0.624. The van der Waals surface area contributed by atoms with E-state index in [2.05, 4.69) is 0 Å². The minimum Gasteiger partial charge on any atom is -0.337 e. The predicted octanol–water partition coefficient (Wildman–Crippen LogP) is 1.73. The molecule has 0 atom stereocenters. The average Bonchev–Trinajstić information content (AvgIpc) is 2.92. The van der Waals surface area contributed by atoms with Gasteiger partial charge in [-0.3, -0.25) is 0 Å². The van der Waals surface area contributed by atoms with Crippen LogP contribution in [0.1, 0.15) is 11.1 Å². The first kappa shape index (κ1) is 14.1. The third-order valence-corrected chi connectivity index (χ3v) is 1.93. The van der Waals surface area contributed by atoms with Gasteiger partial charge in [0.15, 0.2) is 0 Å². The van der Waals surface area contributed by atoms with Gasteiger partial charge in [0.25, 0.3) is 0 Å². The van der Waals surface area contributed by atoms with E-state index in [1.54, 1.807) is 0 Å². The third-order valence-electron chi connectivity index (χ3n) is 1.93. The van der Waals surface area contributed by atoms with E-state index < -0.39 is 0 Å². The van der Waals surface area contributed by atoms with Crippen molar-refractivity contribution in [3.8, 4) is 0 Å². The van der Waals surface area contributed by atoms with Crippen LogP contribution >= 0.6 is 0 Å². The van der Waals surface area contributed by atoms with Crippen molar-refractivity contribution in [3.63, 3.8) is 0 Å². The van der Waals surface area contributed by atoms with Crippen LogP contribution in [-0.4, -0.2) is 0 Å². The Balaban J connectivity index is 0.000000245. The van der Waals surface area contributed by atoms with Crippen molar-refractivity contribution in [3.05, 3.63) is 59.7 Å². The van der Waals surface area contributed by atoms with Gasteiger partial charge in [0, 0.05) is 0 Å². The van der Waals surface area contributed by atoms with Crippen molar-refractivity contribution < 1.29 is 17.1 Å². The van der Waals surface area contributed by atoms with Gasteiger partial charge in [-0.2, -0.15) is 24.3 Å². The molecule has 0 spiro atoms. The van der Waals surface area contributed by atoms with Crippen LogP contribution in [0.15, 0.2) is 48.5 Å². The van der Waals surface area contributed by atoms with Gasteiger partial charge in [-0.25, -0.2) is 24.3 Å². The molecule has 0 amide bonds. The summed E-state index contributed by atoms with van der Waals surface area (Å²) >= 11 is 0. The molecule has 0 unspecified atom stereocenters. The molecule has 0 aliphatic carbocycles. The average molecular weight is 244 g/mol. The SMILES string of the molecule is NC[c-]1cccc1.NC[c-]1cccc1.[Fe+2]. The van der Waals surface area contributed by atoms with Crippen LogP contribution in [0.25, 0.3) is 0 Å². The molecule has 4 N–H and O–H groups in total. The van der Waals surface area contributed by atoms with Gasteiger partial charge in [-0.05, 0) is 13.1 Å². The van der Waals surface area contributed by atoms with E-state index in [0.29, 0.717) is 13.1 Å². The molecule has 15 heavy (non-hydrogen) atoms. The summed E-state index contributed by atoms with van der Waals surface area (Å²) in [5.41, 5.74) is 13.0. The van der Waals surface area contributed by atoms with Gasteiger partial charge >= 0.3 is 17.1 Å². The molecule has 2 aromatic rings. The zero-order chi connectivity index (χ0) is 10.2. The Labute approximate surface area is 101 Å². The Morgan fingerprint density at radius 2 is 0.933 bits per heavy atom. The summed E-state index contributed by atoms with van der Waals surface area (Å²) in [6.45, 7) is 1.32. The van der Waals surface area contributed by atoms with Gasteiger partial charge < -0.3 is 11.5 Å². The molecule has 0 aromatic heterocycles. The Bertz CT molecular complexity index is 277. The molecule has 2 aromatic carbocycles. The van der Waals surface area contributed by atoms with Crippen LogP contribution in [0.5, 0.6) is 0 Å². The van der Waals surface area contributed by atoms with Crippen LogP contribution in [0.4, 0.5) is 0 Å². The molecule has 0 aliphatic heterocycles. The van der Waals surface area contributed by atoms with Crippen molar-refractivity contribution in [2.24, 2.45) is 11.5 Å². The summed E-state index contributed by atoms with van der Waals surface area (Å²) in [5, 5.41) is 0. The number of rotatable bonds is 2. The van der Waals surface area contributed by atoms with E-state index in [1.165, 1.54) is 11.1 Å². The van der Waals surface area contributed by atoms with Crippen molar-refractivity contribution in [2.75, 3.05) is 0 Å². The Kier molecular flexibility index (Phi) is 7.96. The molecule has 0 fully saturated rings. The maximum atomic E-state index is 5.29. The first-order valence-electron chi connectivity index (χ1n) is 4.68. The van der Waals surface area contributed by atoms with Crippen LogP contribution < -0.4 is 11.5 Å². The maximum Gasteiger partial charge on any atom is 2.00 e. The largest absolute Gasteiger partial charge is 2.00 e. The van der Waals surface area contributed by atoms with Crippen LogP contribution in [0.3, 0.4) is 0 Å². The number of hydrogen-bond donors (Lipinski definition) is 2. The van der Waals surface area contributed by atoms with Gasteiger partial charge in [0.05, 0.1) is 0 Å². The van der Waals surface area contributed by atoms with E-state index in [-0.39, 0.29) is 17.1 Å². The third kappa shape index (κ3) is 5.55. The standard InChI is InChI=1S/2C6H8N.Fe/c2*7-5-6-3-1-2-4-6;/h2*1-4H,5,7H2;/q2*-1;+2. The second-order valence-electron chi connectivity index (χ2n) is 2.99. The van der Waals surface area contributed by atoms with Crippen molar-refractivity contribution in [2.45, 2.75) is 13.1 Å². The van der Waals surface area contributed by atoms with Crippen LogP contribution in [0, 0.1) is 0 Å². The fourth-order valence-corrected chi connectivity index (χ4v) is 1.10. The smallest absolute Gasteiger partial charge is 0.337 e. The summed E-state index contributed by atoms with van der Waals surface area (Å²) in [7, 11) is 0. The van der Waals surface area contributed by atoms with Gasteiger partial charge in [-0.1, -0.05) is 0 Å². The molecule has 82 valence electrons. The van der Waals surface area contributed by atoms with Gasteiger partial charge in [-0.15, -0.1) is 11.1 Å². The monoisotopic (exact) mass is 244 g/mol. The summed E-state index contributed by atoms with van der Waals surface area (Å²) < 4.78 is 0. The summed E-state index contributed by atoms with van der Waals surface area (Å²) in [6.07, 6.45) is 0. The molecule has 0 saturated carbocycles. The van der Waals surface area contributed by atoms with Gasteiger partial charge in [0.1, 0.15) is 0 Å². The fourth-order valence-electron chi connectivity index (χ4n) is 1.10. The van der Waals surface area contributed by atoms with Crippen molar-refractivity contribution >= 4 is 0 Å². The summed E-state index contributed by atoms with van der Waals surface area (Å²) in [4.78, 5) is 0. The Morgan fingerprint density at radius 3 is 1.07 bits per heavy atom. The molecule has 0 heterocycles.